The molecule has 2 aromatic heterocycles. The molecule has 1 amide bonds. The van der Waals surface area contributed by atoms with Crippen LogP contribution < -0.4 is 0 Å². The van der Waals surface area contributed by atoms with Gasteiger partial charge in [-0.15, -0.1) is 0 Å². The Hall–Kier alpha value is -2.51. The van der Waals surface area contributed by atoms with Crippen LogP contribution in [0.25, 0.3) is 22.0 Å². The van der Waals surface area contributed by atoms with Crippen molar-refractivity contribution in [2.75, 3.05) is 6.54 Å². The monoisotopic (exact) mass is 392 g/mol. The Morgan fingerprint density at radius 3 is 2.81 bits per heavy atom. The van der Waals surface area contributed by atoms with Crippen LogP contribution in [0.3, 0.4) is 0 Å². The lowest BCUT2D eigenvalue weighted by atomic mass is 10.0. The average molecular weight is 393 g/mol. The summed E-state index contributed by atoms with van der Waals surface area (Å²) in [6.45, 7) is 0.393. The van der Waals surface area contributed by atoms with E-state index in [4.69, 9.17) is 23.2 Å². The number of rotatable bonds is 3. The van der Waals surface area contributed by atoms with Gasteiger partial charge in [-0.05, 0) is 18.9 Å². The molecule has 1 atom stereocenters. The fourth-order valence-corrected chi connectivity index (χ4v) is 3.83. The number of carboxylic acids is 1. The molecule has 26 heavy (non-hydrogen) atoms. The number of hydrogen-bond donors (Lipinski definition) is 3. The van der Waals surface area contributed by atoms with E-state index in [0.717, 1.165) is 5.39 Å². The van der Waals surface area contributed by atoms with Gasteiger partial charge in [-0.1, -0.05) is 29.3 Å². The topological polar surface area (TPSA) is 102 Å². The van der Waals surface area contributed by atoms with E-state index in [9.17, 15) is 14.7 Å². The van der Waals surface area contributed by atoms with Crippen molar-refractivity contribution in [3.8, 4) is 11.1 Å². The van der Waals surface area contributed by atoms with E-state index in [1.807, 2.05) is 0 Å². The average Bonchev–Trinajstić information content (AvgIpc) is 3.35. The summed E-state index contributed by atoms with van der Waals surface area (Å²) in [5.41, 5.74) is 2.13. The minimum atomic E-state index is -1.00. The Morgan fingerprint density at radius 1 is 1.31 bits per heavy atom. The first-order valence-corrected chi connectivity index (χ1v) is 8.77. The molecule has 1 fully saturated rings. The van der Waals surface area contributed by atoms with Crippen molar-refractivity contribution in [1.82, 2.24) is 20.1 Å². The molecular formula is C17H14Cl2N4O3. The van der Waals surface area contributed by atoms with Crippen molar-refractivity contribution < 1.29 is 14.7 Å². The molecule has 1 aliphatic rings. The molecule has 4 rings (SSSR count). The highest BCUT2D eigenvalue weighted by Gasteiger charge is 2.36. The molecule has 1 aliphatic heterocycles. The smallest absolute Gasteiger partial charge is 0.326 e. The molecule has 3 N–H and O–H groups in total. The van der Waals surface area contributed by atoms with Crippen LogP contribution in [0.15, 0.2) is 24.5 Å². The van der Waals surface area contributed by atoms with Crippen molar-refractivity contribution in [1.29, 1.82) is 0 Å². The summed E-state index contributed by atoms with van der Waals surface area (Å²) in [6.07, 6.45) is 4.35. The molecule has 0 radical (unpaired) electrons. The fraction of sp³-hybridized carbons (Fsp3) is 0.235. The fourth-order valence-electron chi connectivity index (χ4n) is 3.46. The highest BCUT2D eigenvalue weighted by molar-refractivity contribution is 6.45. The van der Waals surface area contributed by atoms with E-state index < -0.39 is 12.0 Å². The van der Waals surface area contributed by atoms with E-state index in [0.29, 0.717) is 46.1 Å². The number of amides is 1. The summed E-state index contributed by atoms with van der Waals surface area (Å²) in [4.78, 5) is 29.1. The van der Waals surface area contributed by atoms with Crippen molar-refractivity contribution in [2.24, 2.45) is 0 Å². The number of hydrogen-bond acceptors (Lipinski definition) is 3. The zero-order valence-electron chi connectivity index (χ0n) is 13.4. The van der Waals surface area contributed by atoms with Crippen molar-refractivity contribution in [3.63, 3.8) is 0 Å². The first-order chi connectivity index (χ1) is 12.5. The normalized spacial score (nSPS) is 17.2. The summed E-state index contributed by atoms with van der Waals surface area (Å²) >= 11 is 12.4. The van der Waals surface area contributed by atoms with E-state index in [1.165, 1.54) is 4.90 Å². The van der Waals surface area contributed by atoms with Gasteiger partial charge in [-0.2, -0.15) is 5.10 Å². The van der Waals surface area contributed by atoms with Crippen LogP contribution in [-0.2, 0) is 4.79 Å². The lowest BCUT2D eigenvalue weighted by molar-refractivity contribution is -0.141. The Kier molecular flexibility index (Phi) is 4.13. The number of aromatic nitrogens is 3. The lowest BCUT2D eigenvalue weighted by Crippen LogP contribution is -2.40. The molecule has 3 aromatic rings. The van der Waals surface area contributed by atoms with Crippen molar-refractivity contribution in [2.45, 2.75) is 18.9 Å². The molecule has 0 bridgehead atoms. The number of benzene rings is 1. The van der Waals surface area contributed by atoms with Crippen LogP contribution >= 0.6 is 23.2 Å². The zero-order valence-corrected chi connectivity index (χ0v) is 14.9. The number of carboxylic acid groups (broad SMARTS) is 1. The Balaban J connectivity index is 1.92. The van der Waals surface area contributed by atoms with Gasteiger partial charge in [0, 0.05) is 29.3 Å². The molecule has 1 saturated heterocycles. The van der Waals surface area contributed by atoms with Gasteiger partial charge in [0.15, 0.2) is 0 Å². The highest BCUT2D eigenvalue weighted by Crippen LogP contribution is 2.39. The number of carbonyl (C=O) groups is 2. The third-order valence-corrected chi connectivity index (χ3v) is 5.47. The standard InChI is InChI=1S/C17H14Cl2N4O3/c18-10-4-3-9-12(8-6-20-21-7-8)15(22-14(9)13(10)19)16(24)23-5-1-2-11(23)17(25)26/h3-4,6-7,11,22H,1-2,5H2,(H,20,21)(H,25,26)/t11-/m0/s1. The molecule has 0 spiro atoms. The van der Waals surface area contributed by atoms with Gasteiger partial charge in [0.05, 0.1) is 21.8 Å². The predicted molar refractivity (Wildman–Crippen MR) is 97.6 cm³/mol. The van der Waals surface area contributed by atoms with Crippen molar-refractivity contribution in [3.05, 3.63) is 40.3 Å². The molecule has 7 nitrogen and oxygen atoms in total. The molecule has 0 unspecified atom stereocenters. The van der Waals surface area contributed by atoms with Crippen LogP contribution in [0.2, 0.25) is 10.0 Å². The van der Waals surface area contributed by atoms with Gasteiger partial charge in [-0.3, -0.25) is 9.89 Å². The number of halogens is 2. The van der Waals surface area contributed by atoms with Gasteiger partial charge in [0.25, 0.3) is 5.91 Å². The second kappa shape index (κ2) is 6.34. The number of likely N-dealkylation sites (tertiary alicyclic amines) is 1. The van der Waals surface area contributed by atoms with Gasteiger partial charge in [0.1, 0.15) is 11.7 Å². The number of nitrogens with one attached hydrogen (secondary N) is 2. The number of H-pyrrole nitrogens is 2. The van der Waals surface area contributed by atoms with E-state index >= 15 is 0 Å². The van der Waals surface area contributed by atoms with Gasteiger partial charge >= 0.3 is 5.97 Å². The third kappa shape index (κ3) is 2.55. The molecule has 134 valence electrons. The summed E-state index contributed by atoms with van der Waals surface area (Å²) in [5.74, 6) is -1.38. The highest BCUT2D eigenvalue weighted by atomic mass is 35.5. The van der Waals surface area contributed by atoms with Crippen LogP contribution in [0.4, 0.5) is 0 Å². The van der Waals surface area contributed by atoms with Crippen LogP contribution in [0.1, 0.15) is 23.3 Å². The maximum absolute atomic E-state index is 13.2. The Morgan fingerprint density at radius 2 is 2.12 bits per heavy atom. The maximum Gasteiger partial charge on any atom is 0.326 e. The van der Waals surface area contributed by atoms with E-state index in [1.54, 1.807) is 24.5 Å². The SMILES string of the molecule is O=C(O)[C@@H]1CCCN1C(=O)c1[nH]c2c(Cl)c(Cl)ccc2c1-c1cn[nH]c1. The minimum absolute atomic E-state index is 0.277. The first-order valence-electron chi connectivity index (χ1n) is 8.01. The largest absolute Gasteiger partial charge is 0.480 e. The van der Waals surface area contributed by atoms with E-state index in [-0.39, 0.29) is 11.6 Å². The number of aliphatic carboxylic acids is 1. The molecule has 0 aliphatic carbocycles. The number of fused-ring (bicyclic) bond motifs is 1. The molecule has 0 saturated carbocycles. The van der Waals surface area contributed by atoms with Crippen LogP contribution in [-0.4, -0.2) is 49.7 Å². The molecule has 3 heterocycles. The summed E-state index contributed by atoms with van der Waals surface area (Å²) < 4.78 is 0. The third-order valence-electron chi connectivity index (χ3n) is 4.66. The lowest BCUT2D eigenvalue weighted by Gasteiger charge is -2.21. The van der Waals surface area contributed by atoms with Gasteiger partial charge in [-0.25, -0.2) is 4.79 Å². The second-order valence-corrected chi connectivity index (χ2v) is 6.93. The second-order valence-electron chi connectivity index (χ2n) is 6.14. The zero-order chi connectivity index (χ0) is 18.4. The van der Waals surface area contributed by atoms with Crippen molar-refractivity contribution >= 4 is 46.0 Å². The maximum atomic E-state index is 13.2. The Bertz CT molecular complexity index is 1010. The summed E-state index contributed by atoms with van der Waals surface area (Å²) in [7, 11) is 0. The molecule has 1 aromatic carbocycles. The summed E-state index contributed by atoms with van der Waals surface area (Å²) in [6, 6.07) is 2.61. The Labute approximate surface area is 157 Å². The molecule has 9 heteroatoms. The minimum Gasteiger partial charge on any atom is -0.480 e. The number of nitrogens with zero attached hydrogens (tertiary/aromatic N) is 2. The summed E-state index contributed by atoms with van der Waals surface area (Å²) in [5, 5.41) is 17.5. The van der Waals surface area contributed by atoms with Crippen LogP contribution in [0.5, 0.6) is 0 Å². The number of carbonyl (C=O) groups excluding carboxylic acids is 1. The van der Waals surface area contributed by atoms with Gasteiger partial charge < -0.3 is 15.0 Å². The number of aromatic amines is 2. The van der Waals surface area contributed by atoms with E-state index in [2.05, 4.69) is 15.2 Å². The predicted octanol–water partition coefficient (Wildman–Crippen LogP) is 3.55. The molecular weight excluding hydrogens is 379 g/mol. The van der Waals surface area contributed by atoms with Gasteiger partial charge in [0.2, 0.25) is 0 Å². The van der Waals surface area contributed by atoms with Crippen LogP contribution in [0, 0.1) is 0 Å². The quantitative estimate of drug-likeness (QED) is 0.633. The first kappa shape index (κ1) is 16.9.